The van der Waals surface area contributed by atoms with Crippen LogP contribution >= 0.6 is 0 Å². The Morgan fingerprint density at radius 2 is 1.78 bits per heavy atom. The topological polar surface area (TPSA) is 0 Å². The highest BCUT2D eigenvalue weighted by molar-refractivity contribution is 5.05. The van der Waals surface area contributed by atoms with Gasteiger partial charge < -0.3 is 0 Å². The van der Waals surface area contributed by atoms with Gasteiger partial charge in [0.25, 0.3) is 0 Å². The average molecular weight is 315 g/mol. The molecule has 7 unspecified atom stereocenters. The zero-order valence-corrected chi connectivity index (χ0v) is 15.4. The third-order valence-electron chi connectivity index (χ3n) is 9.04. The van der Waals surface area contributed by atoms with Gasteiger partial charge in [-0.2, -0.15) is 0 Å². The minimum absolute atomic E-state index is 0.698. The van der Waals surface area contributed by atoms with E-state index in [1.54, 1.807) is 44.9 Å². The zero-order chi connectivity index (χ0) is 15.9. The van der Waals surface area contributed by atoms with Gasteiger partial charge in [-0.15, -0.1) is 6.58 Å². The molecule has 0 spiro atoms. The molecule has 4 aliphatic rings. The molecule has 0 aromatic rings. The summed E-state index contributed by atoms with van der Waals surface area (Å²) < 4.78 is 0. The van der Waals surface area contributed by atoms with Crippen molar-refractivity contribution in [2.75, 3.05) is 0 Å². The maximum absolute atomic E-state index is 3.92. The van der Waals surface area contributed by atoms with Crippen molar-refractivity contribution in [1.82, 2.24) is 0 Å². The van der Waals surface area contributed by atoms with Gasteiger partial charge in [0.15, 0.2) is 0 Å². The molecule has 0 heterocycles. The number of hydrogen-bond donors (Lipinski definition) is 0. The monoisotopic (exact) mass is 314 g/mol. The van der Waals surface area contributed by atoms with Crippen molar-refractivity contribution >= 4 is 0 Å². The van der Waals surface area contributed by atoms with Gasteiger partial charge in [0.2, 0.25) is 0 Å². The van der Waals surface area contributed by atoms with Gasteiger partial charge in [-0.3, -0.25) is 0 Å². The molecule has 0 radical (unpaired) electrons. The lowest BCUT2D eigenvalue weighted by Crippen LogP contribution is -2.48. The van der Waals surface area contributed by atoms with Crippen LogP contribution in [0.15, 0.2) is 12.7 Å². The summed E-state index contributed by atoms with van der Waals surface area (Å²) in [7, 11) is 0. The maximum Gasteiger partial charge on any atom is -0.0266 e. The molecule has 0 aromatic heterocycles. The highest BCUT2D eigenvalue weighted by Crippen LogP contribution is 2.64. The lowest BCUT2D eigenvalue weighted by atomic mass is 9.49. The van der Waals surface area contributed by atoms with Crippen LogP contribution in [0, 0.1) is 40.9 Å². The second-order valence-electron chi connectivity index (χ2n) is 9.76. The van der Waals surface area contributed by atoms with Crippen molar-refractivity contribution in [3.63, 3.8) is 0 Å². The molecule has 0 N–H and O–H groups in total. The molecule has 4 rings (SSSR count). The first-order valence-corrected chi connectivity index (χ1v) is 10.8. The van der Waals surface area contributed by atoms with Crippen LogP contribution in [0.5, 0.6) is 0 Å². The third kappa shape index (κ3) is 2.73. The predicted molar refractivity (Wildman–Crippen MR) is 99.3 cm³/mol. The van der Waals surface area contributed by atoms with Gasteiger partial charge in [0.1, 0.15) is 0 Å². The molecule has 23 heavy (non-hydrogen) atoms. The van der Waals surface area contributed by atoms with Crippen LogP contribution in [0.4, 0.5) is 0 Å². The standard InChI is InChI=1S/C23H38/c1-3-4-5-9-18-12-14-22-21-13-11-17-8-6-7-10-19(17)20(21)15-16-23(18,22)2/h3,17-22H,1,4-16H2,2H3. The van der Waals surface area contributed by atoms with Crippen molar-refractivity contribution in [1.29, 1.82) is 0 Å². The average Bonchev–Trinajstić information content (AvgIpc) is 2.92. The van der Waals surface area contributed by atoms with Gasteiger partial charge >= 0.3 is 0 Å². The largest absolute Gasteiger partial charge is 0.103 e. The molecule has 130 valence electrons. The molecular weight excluding hydrogens is 276 g/mol. The van der Waals surface area contributed by atoms with Crippen LogP contribution in [0.25, 0.3) is 0 Å². The van der Waals surface area contributed by atoms with E-state index in [1.165, 1.54) is 38.5 Å². The number of hydrogen-bond acceptors (Lipinski definition) is 0. The fourth-order valence-electron chi connectivity index (χ4n) is 7.92. The van der Waals surface area contributed by atoms with Crippen LogP contribution in [-0.4, -0.2) is 0 Å². The van der Waals surface area contributed by atoms with Crippen molar-refractivity contribution in [3.8, 4) is 0 Å². The molecule has 7 atom stereocenters. The van der Waals surface area contributed by atoms with E-state index < -0.39 is 0 Å². The number of fused-ring (bicyclic) bond motifs is 5. The number of unbranched alkanes of at least 4 members (excludes halogenated alkanes) is 1. The van der Waals surface area contributed by atoms with E-state index in [9.17, 15) is 0 Å². The first-order chi connectivity index (χ1) is 11.2. The third-order valence-corrected chi connectivity index (χ3v) is 9.04. The molecule has 0 saturated heterocycles. The van der Waals surface area contributed by atoms with E-state index in [0.717, 1.165) is 35.5 Å². The lowest BCUT2D eigenvalue weighted by Gasteiger charge is -2.56. The Hall–Kier alpha value is -0.260. The summed E-state index contributed by atoms with van der Waals surface area (Å²) in [6.45, 7) is 6.62. The highest BCUT2D eigenvalue weighted by atomic mass is 14.6. The first kappa shape index (κ1) is 16.2. The number of allylic oxidation sites excluding steroid dienone is 1. The fourth-order valence-corrected chi connectivity index (χ4v) is 7.92. The molecular formula is C23H38. The van der Waals surface area contributed by atoms with Gasteiger partial charge in [-0.25, -0.2) is 0 Å². The van der Waals surface area contributed by atoms with Gasteiger partial charge in [-0.05, 0) is 105 Å². The van der Waals surface area contributed by atoms with Crippen LogP contribution in [0.1, 0.15) is 90.4 Å². The summed E-state index contributed by atoms with van der Waals surface area (Å²) in [6.07, 6.45) is 21.8. The van der Waals surface area contributed by atoms with Crippen molar-refractivity contribution in [3.05, 3.63) is 12.7 Å². The minimum atomic E-state index is 0.698. The molecule has 0 aliphatic heterocycles. The molecule has 0 heteroatoms. The van der Waals surface area contributed by atoms with Crippen molar-refractivity contribution in [2.24, 2.45) is 40.9 Å². The smallest absolute Gasteiger partial charge is 0.0266 e. The van der Waals surface area contributed by atoms with Crippen LogP contribution in [-0.2, 0) is 0 Å². The summed E-state index contributed by atoms with van der Waals surface area (Å²) in [4.78, 5) is 0. The summed E-state index contributed by atoms with van der Waals surface area (Å²) >= 11 is 0. The van der Waals surface area contributed by atoms with E-state index >= 15 is 0 Å². The van der Waals surface area contributed by atoms with Crippen LogP contribution in [0.3, 0.4) is 0 Å². The van der Waals surface area contributed by atoms with E-state index in [0.29, 0.717) is 5.41 Å². The molecule has 0 bridgehead atoms. The second-order valence-corrected chi connectivity index (χ2v) is 9.76. The Bertz CT molecular complexity index is 424. The van der Waals surface area contributed by atoms with Gasteiger partial charge in [-0.1, -0.05) is 32.3 Å². The second kappa shape index (κ2) is 6.57. The summed E-state index contributed by atoms with van der Waals surface area (Å²) in [5.74, 6) is 6.60. The quantitative estimate of drug-likeness (QED) is 0.387. The summed E-state index contributed by atoms with van der Waals surface area (Å²) in [6, 6.07) is 0. The van der Waals surface area contributed by atoms with E-state index in [-0.39, 0.29) is 0 Å². The molecule has 4 fully saturated rings. The Kier molecular flexibility index (Phi) is 4.63. The van der Waals surface area contributed by atoms with Gasteiger partial charge in [0.05, 0.1) is 0 Å². The van der Waals surface area contributed by atoms with E-state index in [4.69, 9.17) is 0 Å². The molecule has 0 amide bonds. The first-order valence-electron chi connectivity index (χ1n) is 10.8. The van der Waals surface area contributed by atoms with E-state index in [2.05, 4.69) is 19.6 Å². The highest BCUT2D eigenvalue weighted by Gasteiger charge is 2.56. The molecule has 4 saturated carbocycles. The SMILES string of the molecule is C=CCCCC1CCC2C3CCC4CCCCC4C3CCC12C. The molecule has 4 aliphatic carbocycles. The minimum Gasteiger partial charge on any atom is -0.103 e. The molecule has 0 nitrogen and oxygen atoms in total. The van der Waals surface area contributed by atoms with Gasteiger partial charge in [0, 0.05) is 0 Å². The lowest BCUT2D eigenvalue weighted by molar-refractivity contribution is -0.0629. The van der Waals surface area contributed by atoms with Crippen LogP contribution < -0.4 is 0 Å². The predicted octanol–water partition coefficient (Wildman–Crippen LogP) is 7.00. The maximum atomic E-state index is 3.92. The fraction of sp³-hybridized carbons (Fsp3) is 0.913. The Balaban J connectivity index is 1.47. The van der Waals surface area contributed by atoms with Crippen LogP contribution in [0.2, 0.25) is 0 Å². The molecule has 0 aromatic carbocycles. The summed E-state index contributed by atoms with van der Waals surface area (Å²) in [5, 5.41) is 0. The van der Waals surface area contributed by atoms with Crippen molar-refractivity contribution < 1.29 is 0 Å². The Morgan fingerprint density at radius 1 is 0.913 bits per heavy atom. The number of rotatable bonds is 4. The summed E-state index contributed by atoms with van der Waals surface area (Å²) in [5.41, 5.74) is 0.698. The Labute approximate surface area is 144 Å². The van der Waals surface area contributed by atoms with E-state index in [1.807, 2.05) is 0 Å². The zero-order valence-electron chi connectivity index (χ0n) is 15.4. The van der Waals surface area contributed by atoms with Crippen molar-refractivity contribution in [2.45, 2.75) is 90.4 Å². The Morgan fingerprint density at radius 3 is 2.65 bits per heavy atom. The normalized spacial score (nSPS) is 49.1.